The van der Waals surface area contributed by atoms with Crippen LogP contribution in [0.25, 0.3) is 11.1 Å². The minimum atomic E-state index is -4.37. The monoisotopic (exact) mass is 397 g/mol. The second kappa shape index (κ2) is 8.54. The van der Waals surface area contributed by atoms with Gasteiger partial charge in [-0.2, -0.15) is 8.42 Å². The Hall–Kier alpha value is -2.70. The van der Waals surface area contributed by atoms with Crippen LogP contribution in [-0.2, 0) is 23.1 Å². The standard InChI is InChI=1S/C22H23NO4S/c1-3-7-18-13-21(28(24,25)26)20(12-16(18)2)19-10-11-23-22(14-19)27-15-17-8-5-4-6-9-17/h4-6,8-14H,3,7,15H2,1-2H3,(H,24,25,26). The molecule has 0 bridgehead atoms. The van der Waals surface area contributed by atoms with Crippen molar-refractivity contribution in [2.75, 3.05) is 0 Å². The van der Waals surface area contributed by atoms with Gasteiger partial charge in [-0.25, -0.2) is 4.98 Å². The van der Waals surface area contributed by atoms with Gasteiger partial charge in [0, 0.05) is 17.8 Å². The molecule has 2 aromatic carbocycles. The van der Waals surface area contributed by atoms with E-state index < -0.39 is 10.1 Å². The van der Waals surface area contributed by atoms with E-state index in [1.54, 1.807) is 30.5 Å². The SMILES string of the molecule is CCCc1cc(S(=O)(=O)O)c(-c2ccnc(OCc3ccccc3)c2)cc1C. The summed E-state index contributed by atoms with van der Waals surface area (Å²) in [5.74, 6) is 0.387. The van der Waals surface area contributed by atoms with E-state index in [1.807, 2.05) is 44.2 Å². The van der Waals surface area contributed by atoms with Gasteiger partial charge >= 0.3 is 0 Å². The number of nitrogens with zero attached hydrogens (tertiary/aromatic N) is 1. The molecule has 3 rings (SSSR count). The Morgan fingerprint density at radius 2 is 1.82 bits per heavy atom. The van der Waals surface area contributed by atoms with Crippen LogP contribution in [0.5, 0.6) is 5.88 Å². The third kappa shape index (κ3) is 4.77. The van der Waals surface area contributed by atoms with E-state index in [-0.39, 0.29) is 4.90 Å². The smallest absolute Gasteiger partial charge is 0.295 e. The van der Waals surface area contributed by atoms with Crippen molar-refractivity contribution in [3.63, 3.8) is 0 Å². The molecular weight excluding hydrogens is 374 g/mol. The summed E-state index contributed by atoms with van der Waals surface area (Å²) in [6.07, 6.45) is 3.20. The molecule has 0 saturated heterocycles. The van der Waals surface area contributed by atoms with E-state index in [0.717, 1.165) is 29.5 Å². The molecule has 0 aliphatic rings. The fourth-order valence-corrected chi connectivity index (χ4v) is 3.84. The van der Waals surface area contributed by atoms with Gasteiger partial charge in [0.05, 0.1) is 0 Å². The fraction of sp³-hybridized carbons (Fsp3) is 0.227. The predicted octanol–water partition coefficient (Wildman–Crippen LogP) is 4.84. The first kappa shape index (κ1) is 20.0. The molecule has 146 valence electrons. The zero-order chi connectivity index (χ0) is 20.1. The number of hydrogen-bond donors (Lipinski definition) is 1. The van der Waals surface area contributed by atoms with Crippen molar-refractivity contribution < 1.29 is 17.7 Å². The molecule has 0 spiro atoms. The van der Waals surface area contributed by atoms with Crippen LogP contribution < -0.4 is 4.74 Å². The van der Waals surface area contributed by atoms with E-state index >= 15 is 0 Å². The number of ether oxygens (including phenoxy) is 1. The number of hydrogen-bond acceptors (Lipinski definition) is 4. The molecular formula is C22H23NO4S. The second-order valence-electron chi connectivity index (χ2n) is 6.66. The third-order valence-electron chi connectivity index (χ3n) is 4.51. The van der Waals surface area contributed by atoms with Crippen LogP contribution in [-0.4, -0.2) is 18.0 Å². The highest BCUT2D eigenvalue weighted by Gasteiger charge is 2.19. The highest BCUT2D eigenvalue weighted by molar-refractivity contribution is 7.86. The van der Waals surface area contributed by atoms with Gasteiger partial charge in [0.15, 0.2) is 0 Å². The van der Waals surface area contributed by atoms with Crippen molar-refractivity contribution in [2.45, 2.75) is 38.2 Å². The lowest BCUT2D eigenvalue weighted by molar-refractivity contribution is 0.294. The van der Waals surface area contributed by atoms with Crippen molar-refractivity contribution in [1.82, 2.24) is 4.98 Å². The van der Waals surface area contributed by atoms with E-state index in [1.165, 1.54) is 0 Å². The van der Waals surface area contributed by atoms with Gasteiger partial charge < -0.3 is 4.74 Å². The molecule has 0 saturated carbocycles. The van der Waals surface area contributed by atoms with Gasteiger partial charge in [-0.3, -0.25) is 4.55 Å². The number of aromatic nitrogens is 1. The van der Waals surface area contributed by atoms with Crippen LogP contribution >= 0.6 is 0 Å². The van der Waals surface area contributed by atoms with Crippen LogP contribution in [0, 0.1) is 6.92 Å². The van der Waals surface area contributed by atoms with Crippen LogP contribution in [0.4, 0.5) is 0 Å². The fourth-order valence-electron chi connectivity index (χ4n) is 3.10. The Balaban J connectivity index is 1.97. The molecule has 5 nitrogen and oxygen atoms in total. The van der Waals surface area contributed by atoms with Crippen molar-refractivity contribution in [1.29, 1.82) is 0 Å². The van der Waals surface area contributed by atoms with Crippen molar-refractivity contribution in [3.8, 4) is 17.0 Å². The molecule has 0 aliphatic carbocycles. The molecule has 1 heterocycles. The van der Waals surface area contributed by atoms with Gasteiger partial charge in [-0.05, 0) is 53.8 Å². The number of rotatable bonds is 7. The van der Waals surface area contributed by atoms with Crippen molar-refractivity contribution in [3.05, 3.63) is 77.5 Å². The summed E-state index contributed by atoms with van der Waals surface area (Å²) < 4.78 is 39.5. The highest BCUT2D eigenvalue weighted by Crippen LogP contribution is 2.32. The lowest BCUT2D eigenvalue weighted by Crippen LogP contribution is -2.04. The first-order valence-electron chi connectivity index (χ1n) is 9.12. The van der Waals surface area contributed by atoms with E-state index in [0.29, 0.717) is 23.6 Å². The number of pyridine rings is 1. The lowest BCUT2D eigenvalue weighted by atomic mass is 9.98. The highest BCUT2D eigenvalue weighted by atomic mass is 32.2. The van der Waals surface area contributed by atoms with E-state index in [4.69, 9.17) is 4.74 Å². The van der Waals surface area contributed by atoms with Gasteiger partial charge in [0.25, 0.3) is 10.1 Å². The van der Waals surface area contributed by atoms with Gasteiger partial charge in [0.1, 0.15) is 11.5 Å². The maximum absolute atomic E-state index is 12.0. The first-order chi connectivity index (χ1) is 13.4. The minimum Gasteiger partial charge on any atom is -0.473 e. The Morgan fingerprint density at radius 1 is 1.07 bits per heavy atom. The summed E-state index contributed by atoms with van der Waals surface area (Å²) in [7, 11) is -4.37. The molecule has 1 aromatic heterocycles. The number of benzene rings is 2. The van der Waals surface area contributed by atoms with Crippen LogP contribution in [0.1, 0.15) is 30.0 Å². The molecule has 0 fully saturated rings. The first-order valence-corrected chi connectivity index (χ1v) is 10.6. The van der Waals surface area contributed by atoms with E-state index in [9.17, 15) is 13.0 Å². The zero-order valence-electron chi connectivity index (χ0n) is 15.9. The molecule has 28 heavy (non-hydrogen) atoms. The number of aryl methyl sites for hydroxylation is 2. The lowest BCUT2D eigenvalue weighted by Gasteiger charge is -2.14. The predicted molar refractivity (Wildman–Crippen MR) is 109 cm³/mol. The summed E-state index contributed by atoms with van der Waals surface area (Å²) in [6.45, 7) is 4.33. The normalized spacial score (nSPS) is 11.4. The summed E-state index contributed by atoms with van der Waals surface area (Å²) in [5.41, 5.74) is 3.96. The van der Waals surface area contributed by atoms with Crippen LogP contribution in [0.3, 0.4) is 0 Å². The molecule has 0 atom stereocenters. The second-order valence-corrected chi connectivity index (χ2v) is 8.05. The average molecular weight is 397 g/mol. The average Bonchev–Trinajstić information content (AvgIpc) is 2.68. The molecule has 0 unspecified atom stereocenters. The Labute approximate surface area is 165 Å². The third-order valence-corrected chi connectivity index (χ3v) is 5.40. The van der Waals surface area contributed by atoms with Crippen molar-refractivity contribution in [2.24, 2.45) is 0 Å². The molecule has 6 heteroatoms. The van der Waals surface area contributed by atoms with Gasteiger partial charge in [0.2, 0.25) is 5.88 Å². The summed E-state index contributed by atoms with van der Waals surface area (Å²) >= 11 is 0. The molecule has 3 aromatic rings. The maximum atomic E-state index is 12.0. The molecule has 1 N–H and O–H groups in total. The van der Waals surface area contributed by atoms with Crippen LogP contribution in [0.15, 0.2) is 65.7 Å². The quantitative estimate of drug-likeness (QED) is 0.578. The van der Waals surface area contributed by atoms with Gasteiger partial charge in [-0.1, -0.05) is 43.7 Å². The summed E-state index contributed by atoms with van der Waals surface area (Å²) in [4.78, 5) is 4.11. The summed E-state index contributed by atoms with van der Waals surface area (Å²) in [5, 5.41) is 0. The van der Waals surface area contributed by atoms with Crippen molar-refractivity contribution >= 4 is 10.1 Å². The zero-order valence-corrected chi connectivity index (χ0v) is 16.7. The molecule has 0 aliphatic heterocycles. The van der Waals surface area contributed by atoms with E-state index in [2.05, 4.69) is 4.98 Å². The Morgan fingerprint density at radius 3 is 2.50 bits per heavy atom. The largest absolute Gasteiger partial charge is 0.473 e. The topological polar surface area (TPSA) is 76.5 Å². The molecule has 0 amide bonds. The minimum absolute atomic E-state index is 0.0956. The Bertz CT molecular complexity index is 1060. The van der Waals surface area contributed by atoms with Crippen LogP contribution in [0.2, 0.25) is 0 Å². The Kier molecular flexibility index (Phi) is 6.11. The van der Waals surface area contributed by atoms with Gasteiger partial charge in [-0.15, -0.1) is 0 Å². The summed E-state index contributed by atoms with van der Waals surface area (Å²) in [6, 6.07) is 16.5. The maximum Gasteiger partial charge on any atom is 0.295 e. The molecule has 0 radical (unpaired) electrons.